The molecule has 0 aliphatic carbocycles. The van der Waals surface area contributed by atoms with Gasteiger partial charge in [0, 0.05) is 24.7 Å². The molecule has 1 rings (SSSR count). The molecule has 0 unspecified atom stereocenters. The number of benzene rings is 1. The summed E-state index contributed by atoms with van der Waals surface area (Å²) >= 11 is -0.0861. The molecule has 21 heavy (non-hydrogen) atoms. The van der Waals surface area contributed by atoms with Crippen LogP contribution in [0.15, 0.2) is 29.2 Å². The molecular weight excluding hydrogens is 299 g/mol. The lowest BCUT2D eigenvalue weighted by molar-refractivity contribution is -0.0328. The lowest BCUT2D eigenvalue weighted by Gasteiger charge is -2.08. The van der Waals surface area contributed by atoms with Gasteiger partial charge in [-0.1, -0.05) is 25.5 Å². The van der Waals surface area contributed by atoms with Crippen molar-refractivity contribution in [3.63, 3.8) is 0 Å². The number of unbranched alkanes of at least 4 members (excludes halogenated alkanes) is 1. The fraction of sp³-hybridized carbons (Fsp3) is 0.600. The lowest BCUT2D eigenvalue weighted by atomic mass is 10.2. The van der Waals surface area contributed by atoms with Gasteiger partial charge in [-0.15, -0.1) is 0 Å². The Hall–Kier alpha value is -0.720. The van der Waals surface area contributed by atoms with Gasteiger partial charge >= 0.3 is 5.51 Å². The number of rotatable bonds is 10. The number of thioether (sulfide) groups is 1. The quantitative estimate of drug-likeness (QED) is 0.503. The van der Waals surface area contributed by atoms with Gasteiger partial charge in [-0.3, -0.25) is 0 Å². The Labute approximate surface area is 128 Å². The molecule has 1 aromatic carbocycles. The fourth-order valence-corrected chi connectivity index (χ4v) is 2.23. The van der Waals surface area contributed by atoms with Crippen molar-refractivity contribution < 1.29 is 17.9 Å². The third-order valence-corrected chi connectivity index (χ3v) is 3.51. The predicted octanol–water partition coefficient (Wildman–Crippen LogP) is 4.59. The second-order valence-electron chi connectivity index (χ2n) is 4.69. The summed E-state index contributed by atoms with van der Waals surface area (Å²) in [5.74, 6) is 0. The lowest BCUT2D eigenvalue weighted by Crippen LogP contribution is -2.16. The van der Waals surface area contributed by atoms with Crippen LogP contribution in [0.5, 0.6) is 0 Å². The third kappa shape index (κ3) is 9.77. The van der Waals surface area contributed by atoms with Crippen molar-refractivity contribution >= 4 is 11.8 Å². The van der Waals surface area contributed by atoms with Crippen LogP contribution in [0.25, 0.3) is 0 Å². The van der Waals surface area contributed by atoms with Crippen LogP contribution in [0.2, 0.25) is 0 Å². The maximum Gasteiger partial charge on any atom is 0.446 e. The zero-order valence-corrected chi connectivity index (χ0v) is 13.0. The summed E-state index contributed by atoms with van der Waals surface area (Å²) in [5, 5.41) is 3.25. The maximum absolute atomic E-state index is 12.2. The van der Waals surface area contributed by atoms with Gasteiger partial charge < -0.3 is 10.1 Å². The Morgan fingerprint density at radius 1 is 1.10 bits per heavy atom. The zero-order chi connectivity index (χ0) is 15.6. The average molecular weight is 321 g/mol. The van der Waals surface area contributed by atoms with E-state index in [0.29, 0.717) is 6.54 Å². The van der Waals surface area contributed by atoms with E-state index in [4.69, 9.17) is 4.74 Å². The largest absolute Gasteiger partial charge is 0.446 e. The summed E-state index contributed by atoms with van der Waals surface area (Å²) in [6, 6.07) is 6.45. The summed E-state index contributed by atoms with van der Waals surface area (Å²) in [5.41, 5.74) is -3.24. The molecule has 0 bridgehead atoms. The Bertz CT molecular complexity index is 382. The highest BCUT2D eigenvalue weighted by Crippen LogP contribution is 2.36. The molecule has 1 N–H and O–H groups in total. The molecule has 0 saturated carbocycles. The normalized spacial score (nSPS) is 11.8. The van der Waals surface area contributed by atoms with E-state index in [2.05, 4.69) is 12.2 Å². The molecule has 0 fully saturated rings. The minimum absolute atomic E-state index is 0.0861. The predicted molar refractivity (Wildman–Crippen MR) is 80.4 cm³/mol. The zero-order valence-electron chi connectivity index (χ0n) is 12.2. The van der Waals surface area contributed by atoms with Crippen LogP contribution in [-0.4, -0.2) is 25.3 Å². The van der Waals surface area contributed by atoms with Crippen LogP contribution in [0, 0.1) is 0 Å². The van der Waals surface area contributed by atoms with E-state index in [9.17, 15) is 13.2 Å². The summed E-state index contributed by atoms with van der Waals surface area (Å²) < 4.78 is 42.0. The monoisotopic (exact) mass is 321 g/mol. The van der Waals surface area contributed by atoms with Crippen molar-refractivity contribution in [2.75, 3.05) is 19.8 Å². The topological polar surface area (TPSA) is 21.3 Å². The molecule has 0 radical (unpaired) electrons. The molecule has 6 heteroatoms. The van der Waals surface area contributed by atoms with E-state index in [1.807, 2.05) is 0 Å². The van der Waals surface area contributed by atoms with E-state index in [0.717, 1.165) is 44.6 Å². The summed E-state index contributed by atoms with van der Waals surface area (Å²) in [7, 11) is 0. The molecule has 0 saturated heterocycles. The minimum atomic E-state index is -4.22. The Morgan fingerprint density at radius 3 is 2.38 bits per heavy atom. The number of hydrogen-bond acceptors (Lipinski definition) is 3. The van der Waals surface area contributed by atoms with Crippen LogP contribution in [0.3, 0.4) is 0 Å². The molecule has 0 aromatic heterocycles. The minimum Gasteiger partial charge on any atom is -0.381 e. The van der Waals surface area contributed by atoms with Crippen molar-refractivity contribution in [1.29, 1.82) is 0 Å². The van der Waals surface area contributed by atoms with E-state index in [-0.39, 0.29) is 16.7 Å². The summed E-state index contributed by atoms with van der Waals surface area (Å²) in [4.78, 5) is 0.218. The highest BCUT2D eigenvalue weighted by molar-refractivity contribution is 8.00. The molecule has 0 heterocycles. The van der Waals surface area contributed by atoms with Gasteiger partial charge in [-0.2, -0.15) is 13.2 Å². The molecular formula is C15H22F3NOS. The first kappa shape index (κ1) is 18.3. The first-order chi connectivity index (χ1) is 10.0. The van der Waals surface area contributed by atoms with Crippen molar-refractivity contribution in [2.24, 2.45) is 0 Å². The molecule has 0 amide bonds. The molecule has 1 aromatic rings. The average Bonchev–Trinajstić information content (AvgIpc) is 2.42. The second kappa shape index (κ2) is 10.1. The number of ether oxygens (including phenoxy) is 1. The van der Waals surface area contributed by atoms with E-state index in [1.165, 1.54) is 12.1 Å². The van der Waals surface area contributed by atoms with Gasteiger partial charge in [0.1, 0.15) is 0 Å². The first-order valence-electron chi connectivity index (χ1n) is 7.14. The van der Waals surface area contributed by atoms with E-state index in [1.54, 1.807) is 12.1 Å². The van der Waals surface area contributed by atoms with Crippen LogP contribution in [-0.2, 0) is 11.3 Å². The maximum atomic E-state index is 12.2. The Kier molecular flexibility index (Phi) is 8.80. The Balaban J connectivity index is 2.13. The molecule has 0 spiro atoms. The number of halogens is 3. The molecule has 120 valence electrons. The number of alkyl halides is 3. The smallest absolute Gasteiger partial charge is 0.381 e. The standard InChI is InChI=1S/C15H22F3NOS/c1-2-3-10-20-11-4-9-19-12-13-5-7-14(8-6-13)21-15(16,17)18/h5-8,19H,2-4,9-12H2,1H3. The van der Waals surface area contributed by atoms with Crippen molar-refractivity contribution in [3.05, 3.63) is 29.8 Å². The molecule has 0 atom stereocenters. The van der Waals surface area contributed by atoms with Crippen molar-refractivity contribution in [2.45, 2.75) is 43.1 Å². The second-order valence-corrected chi connectivity index (χ2v) is 5.83. The molecule has 2 nitrogen and oxygen atoms in total. The Morgan fingerprint density at radius 2 is 1.76 bits per heavy atom. The number of nitrogens with one attached hydrogen (secondary N) is 1. The highest BCUT2D eigenvalue weighted by Gasteiger charge is 2.28. The van der Waals surface area contributed by atoms with Gasteiger partial charge in [0.05, 0.1) is 0 Å². The molecule has 0 aliphatic rings. The highest BCUT2D eigenvalue weighted by atomic mass is 32.2. The van der Waals surface area contributed by atoms with Crippen LogP contribution < -0.4 is 5.32 Å². The third-order valence-electron chi connectivity index (χ3n) is 2.77. The number of hydrogen-bond donors (Lipinski definition) is 1. The van der Waals surface area contributed by atoms with Gasteiger partial charge in [-0.25, -0.2) is 0 Å². The first-order valence-corrected chi connectivity index (χ1v) is 7.96. The van der Waals surface area contributed by atoms with Gasteiger partial charge in [0.15, 0.2) is 0 Å². The fourth-order valence-electron chi connectivity index (χ4n) is 1.69. The molecule has 0 aliphatic heterocycles. The summed E-state index contributed by atoms with van der Waals surface area (Å²) in [6.07, 6.45) is 3.17. The van der Waals surface area contributed by atoms with Crippen LogP contribution >= 0.6 is 11.8 Å². The SMILES string of the molecule is CCCCOCCCNCc1ccc(SC(F)(F)F)cc1. The van der Waals surface area contributed by atoms with Gasteiger partial charge in [0.2, 0.25) is 0 Å². The van der Waals surface area contributed by atoms with Crippen molar-refractivity contribution in [3.8, 4) is 0 Å². The van der Waals surface area contributed by atoms with Crippen LogP contribution in [0.4, 0.5) is 13.2 Å². The van der Waals surface area contributed by atoms with Crippen LogP contribution in [0.1, 0.15) is 31.7 Å². The van der Waals surface area contributed by atoms with Gasteiger partial charge in [-0.05, 0) is 48.8 Å². The van der Waals surface area contributed by atoms with E-state index < -0.39 is 5.51 Å². The van der Waals surface area contributed by atoms with Gasteiger partial charge in [0.25, 0.3) is 0 Å². The van der Waals surface area contributed by atoms with E-state index >= 15 is 0 Å². The summed E-state index contributed by atoms with van der Waals surface area (Å²) in [6.45, 7) is 5.18. The van der Waals surface area contributed by atoms with Crippen molar-refractivity contribution in [1.82, 2.24) is 5.32 Å².